The largest absolute Gasteiger partial charge is 0.493 e. The molecule has 1 aromatic carbocycles. The summed E-state index contributed by atoms with van der Waals surface area (Å²) in [5.74, 6) is 1.04. The van der Waals surface area contributed by atoms with Crippen LogP contribution in [-0.2, 0) is 6.54 Å². The molecule has 1 heterocycles. The summed E-state index contributed by atoms with van der Waals surface area (Å²) in [7, 11) is 1.51. The second-order valence-corrected chi connectivity index (χ2v) is 4.11. The van der Waals surface area contributed by atoms with Gasteiger partial charge in [0.1, 0.15) is 12.9 Å². The zero-order valence-electron chi connectivity index (χ0n) is 11.1. The average molecular weight is 273 g/mol. The summed E-state index contributed by atoms with van der Waals surface area (Å²) in [6.07, 6.45) is 2.45. The predicted octanol–water partition coefficient (Wildman–Crippen LogP) is 1.75. The molecule has 0 bridgehead atoms. The summed E-state index contributed by atoms with van der Waals surface area (Å²) in [5, 5.41) is 0. The smallest absolute Gasteiger partial charge is 0.250 e. The number of benzene rings is 1. The number of aromatic nitrogens is 1. The number of rotatable bonds is 6. The Hall–Kier alpha value is -2.56. The Morgan fingerprint density at radius 3 is 2.75 bits per heavy atom. The van der Waals surface area contributed by atoms with E-state index < -0.39 is 0 Å². The number of nitrogens with zero attached hydrogens (tertiary/aromatic N) is 1. The fourth-order valence-electron chi connectivity index (χ4n) is 1.78. The van der Waals surface area contributed by atoms with Crippen LogP contribution in [0.1, 0.15) is 10.4 Å². The first-order chi connectivity index (χ1) is 9.74. The van der Waals surface area contributed by atoms with Crippen LogP contribution in [0.4, 0.5) is 0 Å². The van der Waals surface area contributed by atoms with Gasteiger partial charge in [0.15, 0.2) is 11.5 Å². The lowest BCUT2D eigenvalue weighted by atomic mass is 10.2. The van der Waals surface area contributed by atoms with Crippen LogP contribution in [0, 0.1) is 0 Å². The lowest BCUT2D eigenvalue weighted by Gasteiger charge is -2.11. The molecule has 20 heavy (non-hydrogen) atoms. The molecule has 2 aromatic rings. The third kappa shape index (κ3) is 3.26. The summed E-state index contributed by atoms with van der Waals surface area (Å²) in [4.78, 5) is 22.2. The maximum absolute atomic E-state index is 11.5. The van der Waals surface area contributed by atoms with Crippen LogP contribution in [0.2, 0.25) is 0 Å². The van der Waals surface area contributed by atoms with E-state index in [2.05, 4.69) is 0 Å². The quantitative estimate of drug-likeness (QED) is 0.752. The molecule has 0 radical (unpaired) electrons. The molecule has 0 unspecified atom stereocenters. The van der Waals surface area contributed by atoms with Gasteiger partial charge in [-0.1, -0.05) is 6.07 Å². The Morgan fingerprint density at radius 1 is 1.20 bits per heavy atom. The SMILES string of the molecule is COc1cc(C=O)ccc1OCCn1ccccc1=O. The maximum atomic E-state index is 11.5. The highest BCUT2D eigenvalue weighted by Crippen LogP contribution is 2.27. The fourth-order valence-corrected chi connectivity index (χ4v) is 1.78. The van der Waals surface area contributed by atoms with E-state index in [1.54, 1.807) is 41.1 Å². The molecule has 0 aliphatic rings. The van der Waals surface area contributed by atoms with Crippen molar-refractivity contribution in [2.45, 2.75) is 6.54 Å². The van der Waals surface area contributed by atoms with Crippen molar-refractivity contribution in [2.75, 3.05) is 13.7 Å². The second-order valence-electron chi connectivity index (χ2n) is 4.11. The van der Waals surface area contributed by atoms with Crippen molar-refractivity contribution in [3.8, 4) is 11.5 Å². The standard InChI is InChI=1S/C15H15NO4/c1-19-14-10-12(11-17)5-6-13(14)20-9-8-16-7-3-2-4-15(16)18/h2-7,10-11H,8-9H2,1H3. The molecule has 0 spiro atoms. The number of ether oxygens (including phenoxy) is 2. The van der Waals surface area contributed by atoms with E-state index in [0.29, 0.717) is 30.2 Å². The van der Waals surface area contributed by atoms with Crippen LogP contribution in [0.15, 0.2) is 47.4 Å². The summed E-state index contributed by atoms with van der Waals surface area (Å²) in [5.41, 5.74) is 0.452. The molecule has 0 saturated carbocycles. The summed E-state index contributed by atoms with van der Waals surface area (Å²) >= 11 is 0. The van der Waals surface area contributed by atoms with Crippen LogP contribution in [0.25, 0.3) is 0 Å². The summed E-state index contributed by atoms with van der Waals surface area (Å²) < 4.78 is 12.3. The Kier molecular flexibility index (Phi) is 4.55. The maximum Gasteiger partial charge on any atom is 0.250 e. The van der Waals surface area contributed by atoms with Crippen LogP contribution >= 0.6 is 0 Å². The molecule has 104 valence electrons. The summed E-state index contributed by atoms with van der Waals surface area (Å²) in [6.45, 7) is 0.777. The number of pyridine rings is 1. The Labute approximate surface area is 116 Å². The van der Waals surface area contributed by atoms with Crippen molar-refractivity contribution in [1.29, 1.82) is 0 Å². The number of aldehydes is 1. The Morgan fingerprint density at radius 2 is 2.05 bits per heavy atom. The molecule has 5 heteroatoms. The first kappa shape index (κ1) is 13.9. The highest BCUT2D eigenvalue weighted by atomic mass is 16.5. The van der Waals surface area contributed by atoms with Crippen LogP contribution < -0.4 is 15.0 Å². The van der Waals surface area contributed by atoms with Gasteiger partial charge in [-0.3, -0.25) is 9.59 Å². The molecule has 2 rings (SSSR count). The molecule has 0 saturated heterocycles. The van der Waals surface area contributed by atoms with Crippen molar-refractivity contribution in [3.63, 3.8) is 0 Å². The highest BCUT2D eigenvalue weighted by molar-refractivity contribution is 5.76. The third-order valence-corrected chi connectivity index (χ3v) is 2.81. The van der Waals surface area contributed by atoms with E-state index in [9.17, 15) is 9.59 Å². The van der Waals surface area contributed by atoms with E-state index in [-0.39, 0.29) is 5.56 Å². The van der Waals surface area contributed by atoms with Gasteiger partial charge in [-0.15, -0.1) is 0 Å². The van der Waals surface area contributed by atoms with Crippen molar-refractivity contribution in [2.24, 2.45) is 0 Å². The highest BCUT2D eigenvalue weighted by Gasteiger charge is 2.05. The van der Waals surface area contributed by atoms with Gasteiger partial charge in [0.05, 0.1) is 13.7 Å². The molecule has 0 amide bonds. The van der Waals surface area contributed by atoms with Gasteiger partial charge in [-0.2, -0.15) is 0 Å². The zero-order valence-corrected chi connectivity index (χ0v) is 11.1. The monoisotopic (exact) mass is 273 g/mol. The van der Waals surface area contributed by atoms with Crippen LogP contribution in [0.3, 0.4) is 0 Å². The lowest BCUT2D eigenvalue weighted by molar-refractivity contribution is 0.112. The molecular weight excluding hydrogens is 258 g/mol. The number of methoxy groups -OCH3 is 1. The minimum atomic E-state index is -0.0700. The minimum absolute atomic E-state index is 0.0700. The van der Waals surface area contributed by atoms with Gasteiger partial charge >= 0.3 is 0 Å². The number of carbonyl (C=O) groups is 1. The third-order valence-electron chi connectivity index (χ3n) is 2.81. The molecule has 1 aromatic heterocycles. The number of hydrogen-bond donors (Lipinski definition) is 0. The predicted molar refractivity (Wildman–Crippen MR) is 74.6 cm³/mol. The van der Waals surface area contributed by atoms with Gasteiger partial charge in [-0.05, 0) is 24.3 Å². The Bertz CT molecular complexity index is 648. The number of hydrogen-bond acceptors (Lipinski definition) is 4. The zero-order chi connectivity index (χ0) is 14.4. The van der Waals surface area contributed by atoms with Crippen molar-refractivity contribution in [1.82, 2.24) is 4.57 Å². The average Bonchev–Trinajstić information content (AvgIpc) is 2.49. The van der Waals surface area contributed by atoms with Gasteiger partial charge in [0.2, 0.25) is 0 Å². The lowest BCUT2D eigenvalue weighted by Crippen LogP contribution is -2.21. The van der Waals surface area contributed by atoms with Crippen molar-refractivity contribution in [3.05, 3.63) is 58.5 Å². The molecular formula is C15H15NO4. The molecule has 0 aliphatic carbocycles. The van der Waals surface area contributed by atoms with Gasteiger partial charge in [0, 0.05) is 17.8 Å². The first-order valence-electron chi connectivity index (χ1n) is 6.16. The van der Waals surface area contributed by atoms with E-state index in [4.69, 9.17) is 9.47 Å². The first-order valence-corrected chi connectivity index (χ1v) is 6.16. The molecule has 0 N–H and O–H groups in total. The van der Waals surface area contributed by atoms with Gasteiger partial charge in [0.25, 0.3) is 5.56 Å². The molecule has 5 nitrogen and oxygen atoms in total. The van der Waals surface area contributed by atoms with Gasteiger partial charge in [-0.25, -0.2) is 0 Å². The van der Waals surface area contributed by atoms with E-state index in [1.165, 1.54) is 13.2 Å². The van der Waals surface area contributed by atoms with Gasteiger partial charge < -0.3 is 14.0 Å². The molecule has 0 atom stereocenters. The van der Waals surface area contributed by atoms with E-state index >= 15 is 0 Å². The molecule has 0 aliphatic heterocycles. The van der Waals surface area contributed by atoms with Crippen LogP contribution in [-0.4, -0.2) is 24.6 Å². The second kappa shape index (κ2) is 6.56. The normalized spacial score (nSPS) is 10.1. The van der Waals surface area contributed by atoms with E-state index in [1.807, 2.05) is 0 Å². The Balaban J connectivity index is 2.02. The van der Waals surface area contributed by atoms with Crippen molar-refractivity contribution >= 4 is 6.29 Å². The van der Waals surface area contributed by atoms with E-state index in [0.717, 1.165) is 6.29 Å². The topological polar surface area (TPSA) is 57.5 Å². The number of carbonyl (C=O) groups excluding carboxylic acids is 1. The molecule has 0 fully saturated rings. The minimum Gasteiger partial charge on any atom is -0.493 e. The summed E-state index contributed by atoms with van der Waals surface area (Å²) in [6, 6.07) is 9.92. The van der Waals surface area contributed by atoms with Crippen molar-refractivity contribution < 1.29 is 14.3 Å². The fraction of sp³-hybridized carbons (Fsp3) is 0.200. The van der Waals surface area contributed by atoms with Crippen LogP contribution in [0.5, 0.6) is 11.5 Å².